The Morgan fingerprint density at radius 3 is 2.71 bits per heavy atom. The summed E-state index contributed by atoms with van der Waals surface area (Å²) in [4.78, 5) is 4.46. The third-order valence-electron chi connectivity index (χ3n) is 3.52. The summed E-state index contributed by atoms with van der Waals surface area (Å²) in [5.41, 5.74) is 4.02. The van der Waals surface area contributed by atoms with Crippen LogP contribution in [0.5, 0.6) is 0 Å². The molecule has 0 amide bonds. The average molecular weight is 189 g/mol. The van der Waals surface area contributed by atoms with Crippen LogP contribution >= 0.6 is 0 Å². The van der Waals surface area contributed by atoms with Crippen molar-refractivity contribution < 1.29 is 0 Å². The number of rotatable bonds is 1. The van der Waals surface area contributed by atoms with Crippen LogP contribution in [-0.2, 0) is 0 Å². The van der Waals surface area contributed by atoms with Gasteiger partial charge < -0.3 is 0 Å². The van der Waals surface area contributed by atoms with Crippen LogP contribution in [0.3, 0.4) is 0 Å². The van der Waals surface area contributed by atoms with Crippen molar-refractivity contribution in [2.75, 3.05) is 0 Å². The Hall–Kier alpha value is -0.850. The second-order valence-electron chi connectivity index (χ2n) is 4.70. The minimum absolute atomic E-state index is 0.766. The van der Waals surface area contributed by atoms with E-state index in [0.717, 1.165) is 11.8 Å². The van der Waals surface area contributed by atoms with E-state index >= 15 is 0 Å². The Morgan fingerprint density at radius 2 is 2.07 bits per heavy atom. The molecule has 1 heterocycles. The first-order valence-corrected chi connectivity index (χ1v) is 5.61. The molecule has 14 heavy (non-hydrogen) atoms. The largest absolute Gasteiger partial charge is 0.261 e. The molecule has 0 spiro atoms. The maximum absolute atomic E-state index is 4.46. The smallest absolute Gasteiger partial charge is 0.0407 e. The van der Waals surface area contributed by atoms with Gasteiger partial charge in [0, 0.05) is 11.9 Å². The number of aryl methyl sites for hydroxylation is 2. The topological polar surface area (TPSA) is 12.9 Å². The highest BCUT2D eigenvalue weighted by Gasteiger charge is 2.26. The minimum atomic E-state index is 0.766. The molecule has 1 nitrogen and oxygen atoms in total. The summed E-state index contributed by atoms with van der Waals surface area (Å²) in [6.07, 6.45) is 6.10. The first kappa shape index (κ1) is 9.70. The normalized spacial score (nSPS) is 26.8. The number of hydrogen-bond donors (Lipinski definition) is 0. The van der Waals surface area contributed by atoms with Crippen LogP contribution in [0.1, 0.15) is 48.9 Å². The van der Waals surface area contributed by atoms with Gasteiger partial charge in [-0.3, -0.25) is 4.98 Å². The maximum Gasteiger partial charge on any atom is 0.0407 e. The fourth-order valence-electron chi connectivity index (χ4n) is 2.64. The summed E-state index contributed by atoms with van der Waals surface area (Å²) in [5, 5.41) is 0. The summed E-state index contributed by atoms with van der Waals surface area (Å²) in [6.45, 7) is 6.65. The summed E-state index contributed by atoms with van der Waals surface area (Å²) in [6, 6.07) is 2.33. The molecule has 2 unspecified atom stereocenters. The summed E-state index contributed by atoms with van der Waals surface area (Å²) < 4.78 is 0. The van der Waals surface area contributed by atoms with E-state index < -0.39 is 0 Å². The zero-order valence-electron chi connectivity index (χ0n) is 9.38. The minimum Gasteiger partial charge on any atom is -0.261 e. The Kier molecular flexibility index (Phi) is 2.58. The number of pyridine rings is 1. The van der Waals surface area contributed by atoms with E-state index in [4.69, 9.17) is 0 Å². The quantitative estimate of drug-likeness (QED) is 0.657. The van der Waals surface area contributed by atoms with Gasteiger partial charge in [0.2, 0.25) is 0 Å². The van der Waals surface area contributed by atoms with E-state index in [0.29, 0.717) is 0 Å². The van der Waals surface area contributed by atoms with Crippen LogP contribution in [0.4, 0.5) is 0 Å². The van der Waals surface area contributed by atoms with Crippen molar-refractivity contribution in [3.63, 3.8) is 0 Å². The van der Waals surface area contributed by atoms with E-state index in [-0.39, 0.29) is 0 Å². The van der Waals surface area contributed by atoms with Gasteiger partial charge in [-0.1, -0.05) is 25.8 Å². The molecular formula is C13H19N. The Balaban J connectivity index is 2.34. The van der Waals surface area contributed by atoms with Gasteiger partial charge in [0.05, 0.1) is 0 Å². The van der Waals surface area contributed by atoms with Crippen LogP contribution in [0.25, 0.3) is 0 Å². The SMILES string of the molecule is Cc1cnc(C)c(C2CCCC2C)c1. The third-order valence-corrected chi connectivity index (χ3v) is 3.52. The first-order valence-electron chi connectivity index (χ1n) is 5.61. The second-order valence-corrected chi connectivity index (χ2v) is 4.70. The molecule has 0 radical (unpaired) electrons. The van der Waals surface area contributed by atoms with Crippen molar-refractivity contribution in [1.29, 1.82) is 0 Å². The van der Waals surface area contributed by atoms with Gasteiger partial charge in [-0.25, -0.2) is 0 Å². The van der Waals surface area contributed by atoms with Crippen molar-refractivity contribution in [2.45, 2.75) is 46.0 Å². The van der Waals surface area contributed by atoms with Crippen LogP contribution < -0.4 is 0 Å². The Bertz CT molecular complexity index is 330. The zero-order chi connectivity index (χ0) is 10.1. The van der Waals surface area contributed by atoms with Gasteiger partial charge in [0.25, 0.3) is 0 Å². The highest BCUT2D eigenvalue weighted by Crippen LogP contribution is 2.40. The summed E-state index contributed by atoms with van der Waals surface area (Å²) in [5.74, 6) is 1.61. The van der Waals surface area contributed by atoms with Crippen LogP contribution in [0.2, 0.25) is 0 Å². The molecule has 0 aliphatic heterocycles. The van der Waals surface area contributed by atoms with Crippen LogP contribution in [0.15, 0.2) is 12.3 Å². The lowest BCUT2D eigenvalue weighted by atomic mass is 9.89. The fraction of sp³-hybridized carbons (Fsp3) is 0.615. The first-order chi connectivity index (χ1) is 6.68. The molecule has 2 atom stereocenters. The van der Waals surface area contributed by atoms with Crippen LogP contribution in [0, 0.1) is 19.8 Å². The molecule has 76 valence electrons. The van der Waals surface area contributed by atoms with Gasteiger partial charge in [-0.15, -0.1) is 0 Å². The Labute approximate surface area is 86.6 Å². The Morgan fingerprint density at radius 1 is 1.29 bits per heavy atom. The van der Waals surface area contributed by atoms with Gasteiger partial charge in [-0.05, 0) is 43.2 Å². The molecule has 1 aliphatic carbocycles. The van der Waals surface area contributed by atoms with E-state index in [1.165, 1.54) is 36.1 Å². The fourth-order valence-corrected chi connectivity index (χ4v) is 2.64. The molecule has 1 heteroatoms. The molecule has 2 rings (SSSR count). The van der Waals surface area contributed by atoms with Crippen molar-refractivity contribution >= 4 is 0 Å². The molecule has 1 aromatic rings. The van der Waals surface area contributed by atoms with Crippen molar-refractivity contribution in [1.82, 2.24) is 4.98 Å². The standard InChI is InChI=1S/C13H19N/c1-9-7-13(11(3)14-8-9)12-6-4-5-10(12)2/h7-8,10,12H,4-6H2,1-3H3. The molecule has 1 aliphatic rings. The summed E-state index contributed by atoms with van der Waals surface area (Å²) >= 11 is 0. The van der Waals surface area contributed by atoms with E-state index in [2.05, 4.69) is 31.8 Å². The van der Waals surface area contributed by atoms with Crippen molar-refractivity contribution in [3.8, 4) is 0 Å². The monoisotopic (exact) mass is 189 g/mol. The van der Waals surface area contributed by atoms with Gasteiger partial charge in [-0.2, -0.15) is 0 Å². The molecule has 1 aromatic heterocycles. The van der Waals surface area contributed by atoms with E-state index in [9.17, 15) is 0 Å². The van der Waals surface area contributed by atoms with Gasteiger partial charge >= 0.3 is 0 Å². The van der Waals surface area contributed by atoms with Crippen LogP contribution in [-0.4, -0.2) is 4.98 Å². The number of aromatic nitrogens is 1. The number of nitrogens with zero attached hydrogens (tertiary/aromatic N) is 1. The van der Waals surface area contributed by atoms with Gasteiger partial charge in [0.15, 0.2) is 0 Å². The van der Waals surface area contributed by atoms with Gasteiger partial charge in [0.1, 0.15) is 0 Å². The molecule has 0 aromatic carbocycles. The summed E-state index contributed by atoms with van der Waals surface area (Å²) in [7, 11) is 0. The molecule has 0 saturated heterocycles. The predicted molar refractivity (Wildman–Crippen MR) is 59.5 cm³/mol. The molecule has 1 fully saturated rings. The zero-order valence-corrected chi connectivity index (χ0v) is 9.38. The van der Waals surface area contributed by atoms with E-state index in [1.54, 1.807) is 0 Å². The third kappa shape index (κ3) is 1.68. The molecule has 1 saturated carbocycles. The molecular weight excluding hydrogens is 170 g/mol. The molecule has 0 bridgehead atoms. The number of hydrogen-bond acceptors (Lipinski definition) is 1. The molecule has 0 N–H and O–H groups in total. The van der Waals surface area contributed by atoms with Crippen molar-refractivity contribution in [3.05, 3.63) is 29.1 Å². The van der Waals surface area contributed by atoms with Crippen molar-refractivity contribution in [2.24, 2.45) is 5.92 Å². The second kappa shape index (κ2) is 3.72. The average Bonchev–Trinajstić information content (AvgIpc) is 2.56. The van der Waals surface area contributed by atoms with E-state index in [1.807, 2.05) is 6.20 Å². The lowest BCUT2D eigenvalue weighted by Gasteiger charge is -2.17. The highest BCUT2D eigenvalue weighted by atomic mass is 14.7. The lowest BCUT2D eigenvalue weighted by molar-refractivity contribution is 0.529. The lowest BCUT2D eigenvalue weighted by Crippen LogP contribution is -2.05. The predicted octanol–water partition coefficient (Wildman–Crippen LogP) is 3.60. The highest BCUT2D eigenvalue weighted by molar-refractivity contribution is 5.28. The maximum atomic E-state index is 4.46.